The molecule has 1 fully saturated rings. The summed E-state index contributed by atoms with van der Waals surface area (Å²) >= 11 is 0. The number of hydrogen-bond acceptors (Lipinski definition) is 2. The first-order valence-electron chi connectivity index (χ1n) is 7.76. The van der Waals surface area contributed by atoms with Gasteiger partial charge in [-0.1, -0.05) is 36.8 Å². The summed E-state index contributed by atoms with van der Waals surface area (Å²) in [5.41, 5.74) is 2.16. The summed E-state index contributed by atoms with van der Waals surface area (Å²) in [6.07, 6.45) is 4.06. The zero-order valence-corrected chi connectivity index (χ0v) is 12.9. The van der Waals surface area contributed by atoms with Crippen molar-refractivity contribution in [1.82, 2.24) is 10.2 Å². The lowest BCUT2D eigenvalue weighted by Gasteiger charge is -2.34. The van der Waals surface area contributed by atoms with Crippen LogP contribution in [-0.2, 0) is 16.1 Å². The minimum absolute atomic E-state index is 0.218. The topological polar surface area (TPSA) is 49.4 Å². The zero-order valence-electron chi connectivity index (χ0n) is 12.9. The van der Waals surface area contributed by atoms with Crippen molar-refractivity contribution in [1.29, 1.82) is 0 Å². The maximum absolute atomic E-state index is 12.3. The van der Waals surface area contributed by atoms with Gasteiger partial charge in [0, 0.05) is 19.1 Å². The SMILES string of the molecule is CCC1CCCCN1C(=O)C(=O)NCc1cccc(C)c1. The van der Waals surface area contributed by atoms with Gasteiger partial charge in [-0.3, -0.25) is 9.59 Å². The van der Waals surface area contributed by atoms with Crippen LogP contribution in [0.5, 0.6) is 0 Å². The number of rotatable bonds is 3. The quantitative estimate of drug-likeness (QED) is 0.868. The van der Waals surface area contributed by atoms with Gasteiger partial charge < -0.3 is 10.2 Å². The molecule has 0 bridgehead atoms. The standard InChI is InChI=1S/C17H24N2O2/c1-3-15-9-4-5-10-19(15)17(21)16(20)18-12-14-8-6-7-13(2)11-14/h6-8,11,15H,3-5,9-10,12H2,1-2H3,(H,18,20). The Morgan fingerprint density at radius 1 is 1.33 bits per heavy atom. The van der Waals surface area contributed by atoms with Gasteiger partial charge in [-0.05, 0) is 38.2 Å². The Kier molecular flexibility index (Phi) is 5.37. The largest absolute Gasteiger partial charge is 0.344 e. The van der Waals surface area contributed by atoms with Crippen LogP contribution in [0.2, 0.25) is 0 Å². The van der Waals surface area contributed by atoms with Crippen molar-refractivity contribution >= 4 is 11.8 Å². The number of carbonyl (C=O) groups is 2. The second kappa shape index (κ2) is 7.25. The molecule has 0 saturated carbocycles. The smallest absolute Gasteiger partial charge is 0.312 e. The highest BCUT2D eigenvalue weighted by atomic mass is 16.2. The fourth-order valence-electron chi connectivity index (χ4n) is 2.90. The summed E-state index contributed by atoms with van der Waals surface area (Å²) in [5.74, 6) is -0.869. The second-order valence-electron chi connectivity index (χ2n) is 5.73. The predicted octanol–water partition coefficient (Wildman–Crippen LogP) is 2.40. The van der Waals surface area contributed by atoms with Crippen LogP contribution < -0.4 is 5.32 Å². The molecule has 1 aromatic carbocycles. The van der Waals surface area contributed by atoms with Crippen LogP contribution in [0, 0.1) is 6.92 Å². The third-order valence-corrected chi connectivity index (χ3v) is 4.09. The number of aryl methyl sites for hydroxylation is 1. The van der Waals surface area contributed by atoms with E-state index in [1.165, 1.54) is 0 Å². The number of benzene rings is 1. The molecule has 0 spiro atoms. The Balaban J connectivity index is 1.91. The number of nitrogens with zero attached hydrogens (tertiary/aromatic N) is 1. The molecule has 0 radical (unpaired) electrons. The molecular weight excluding hydrogens is 264 g/mol. The van der Waals surface area contributed by atoms with Crippen LogP contribution in [0.4, 0.5) is 0 Å². The van der Waals surface area contributed by atoms with Gasteiger partial charge in [0.1, 0.15) is 0 Å². The number of likely N-dealkylation sites (tertiary alicyclic amines) is 1. The van der Waals surface area contributed by atoms with Crippen molar-refractivity contribution in [3.8, 4) is 0 Å². The first-order chi connectivity index (χ1) is 10.1. The molecule has 1 N–H and O–H groups in total. The summed E-state index contributed by atoms with van der Waals surface area (Å²) in [6, 6.07) is 8.15. The van der Waals surface area contributed by atoms with E-state index >= 15 is 0 Å². The van der Waals surface area contributed by atoms with Crippen molar-refractivity contribution < 1.29 is 9.59 Å². The maximum atomic E-state index is 12.3. The van der Waals surface area contributed by atoms with Crippen LogP contribution in [-0.4, -0.2) is 29.3 Å². The first kappa shape index (κ1) is 15.5. The third kappa shape index (κ3) is 4.06. The molecule has 1 aliphatic heterocycles. The molecule has 4 heteroatoms. The predicted molar refractivity (Wildman–Crippen MR) is 82.7 cm³/mol. The van der Waals surface area contributed by atoms with E-state index in [-0.39, 0.29) is 11.9 Å². The summed E-state index contributed by atoms with van der Waals surface area (Å²) in [6.45, 7) is 5.18. The molecular formula is C17H24N2O2. The first-order valence-corrected chi connectivity index (χ1v) is 7.76. The van der Waals surface area contributed by atoms with Gasteiger partial charge in [-0.15, -0.1) is 0 Å². The third-order valence-electron chi connectivity index (χ3n) is 4.09. The van der Waals surface area contributed by atoms with Crippen LogP contribution in [0.3, 0.4) is 0 Å². The Morgan fingerprint density at radius 2 is 2.14 bits per heavy atom. The number of hydrogen-bond donors (Lipinski definition) is 1. The van der Waals surface area contributed by atoms with Crippen LogP contribution >= 0.6 is 0 Å². The molecule has 0 aromatic heterocycles. The van der Waals surface area contributed by atoms with E-state index in [2.05, 4.69) is 12.2 Å². The summed E-state index contributed by atoms with van der Waals surface area (Å²) < 4.78 is 0. The van der Waals surface area contributed by atoms with Crippen molar-refractivity contribution in [3.05, 3.63) is 35.4 Å². The Labute approximate surface area is 126 Å². The Hall–Kier alpha value is -1.84. The molecule has 1 saturated heterocycles. The van der Waals surface area contributed by atoms with E-state index < -0.39 is 5.91 Å². The molecule has 1 heterocycles. The van der Waals surface area contributed by atoms with Crippen LogP contribution in [0.1, 0.15) is 43.7 Å². The lowest BCUT2D eigenvalue weighted by Crippen LogP contribution is -2.49. The molecule has 2 rings (SSSR count). The molecule has 1 aliphatic rings. The fraction of sp³-hybridized carbons (Fsp3) is 0.529. The van der Waals surface area contributed by atoms with E-state index in [9.17, 15) is 9.59 Å². The summed E-state index contributed by atoms with van der Waals surface area (Å²) in [7, 11) is 0. The van der Waals surface area contributed by atoms with Crippen molar-refractivity contribution in [2.75, 3.05) is 6.54 Å². The normalized spacial score (nSPS) is 18.4. The minimum Gasteiger partial charge on any atom is -0.344 e. The van der Waals surface area contributed by atoms with E-state index in [0.717, 1.165) is 36.8 Å². The molecule has 1 unspecified atom stereocenters. The number of carbonyl (C=O) groups excluding carboxylic acids is 2. The fourth-order valence-corrected chi connectivity index (χ4v) is 2.90. The van der Waals surface area contributed by atoms with Gasteiger partial charge in [-0.25, -0.2) is 0 Å². The van der Waals surface area contributed by atoms with Gasteiger partial charge in [0.05, 0.1) is 0 Å². The molecule has 1 aromatic rings. The van der Waals surface area contributed by atoms with Gasteiger partial charge in [0.25, 0.3) is 0 Å². The average molecular weight is 288 g/mol. The maximum Gasteiger partial charge on any atom is 0.312 e. The molecule has 114 valence electrons. The van der Waals surface area contributed by atoms with Gasteiger partial charge >= 0.3 is 11.8 Å². The summed E-state index contributed by atoms with van der Waals surface area (Å²) in [5, 5.41) is 2.74. The monoisotopic (exact) mass is 288 g/mol. The molecule has 0 aliphatic carbocycles. The van der Waals surface area contributed by atoms with E-state index in [1.54, 1.807) is 4.90 Å². The zero-order chi connectivity index (χ0) is 15.2. The molecule has 1 atom stereocenters. The highest BCUT2D eigenvalue weighted by molar-refractivity contribution is 6.35. The lowest BCUT2D eigenvalue weighted by molar-refractivity contribution is -0.148. The molecule has 2 amide bonds. The number of amides is 2. The van der Waals surface area contributed by atoms with E-state index in [0.29, 0.717) is 13.1 Å². The number of nitrogens with one attached hydrogen (secondary N) is 1. The second-order valence-corrected chi connectivity index (χ2v) is 5.73. The Morgan fingerprint density at radius 3 is 2.86 bits per heavy atom. The molecule has 4 nitrogen and oxygen atoms in total. The van der Waals surface area contributed by atoms with Crippen LogP contribution in [0.15, 0.2) is 24.3 Å². The highest BCUT2D eigenvalue weighted by Crippen LogP contribution is 2.19. The average Bonchev–Trinajstić information content (AvgIpc) is 2.52. The Bertz CT molecular complexity index is 513. The van der Waals surface area contributed by atoms with Gasteiger partial charge in [-0.2, -0.15) is 0 Å². The summed E-state index contributed by atoms with van der Waals surface area (Å²) in [4.78, 5) is 26.1. The van der Waals surface area contributed by atoms with E-state index in [1.807, 2.05) is 31.2 Å². The lowest BCUT2D eigenvalue weighted by atomic mass is 10.00. The minimum atomic E-state index is -0.489. The van der Waals surface area contributed by atoms with Gasteiger partial charge in [0.15, 0.2) is 0 Å². The van der Waals surface area contributed by atoms with Crippen molar-refractivity contribution in [2.45, 2.75) is 52.1 Å². The number of piperidine rings is 1. The van der Waals surface area contributed by atoms with Crippen LogP contribution in [0.25, 0.3) is 0 Å². The van der Waals surface area contributed by atoms with Gasteiger partial charge in [0.2, 0.25) is 0 Å². The van der Waals surface area contributed by atoms with Crippen molar-refractivity contribution in [3.63, 3.8) is 0 Å². The molecule has 21 heavy (non-hydrogen) atoms. The van der Waals surface area contributed by atoms with Crippen molar-refractivity contribution in [2.24, 2.45) is 0 Å². The highest BCUT2D eigenvalue weighted by Gasteiger charge is 2.29. The van der Waals surface area contributed by atoms with E-state index in [4.69, 9.17) is 0 Å².